The van der Waals surface area contributed by atoms with Crippen LogP contribution in [0.3, 0.4) is 0 Å². The zero-order valence-corrected chi connectivity index (χ0v) is 12.7. The molecule has 1 fully saturated rings. The number of aryl methyl sites for hydroxylation is 1. The maximum Gasteiger partial charge on any atom is 0.251 e. The maximum atomic E-state index is 11.9. The van der Waals surface area contributed by atoms with E-state index >= 15 is 0 Å². The van der Waals surface area contributed by atoms with Crippen molar-refractivity contribution in [3.8, 4) is 0 Å². The number of amides is 1. The van der Waals surface area contributed by atoms with E-state index < -0.39 is 0 Å². The molecule has 1 N–H and O–H groups in total. The van der Waals surface area contributed by atoms with Crippen molar-refractivity contribution >= 4 is 18.3 Å². The highest BCUT2D eigenvalue weighted by molar-refractivity contribution is 5.94. The molecule has 0 saturated carbocycles. The van der Waals surface area contributed by atoms with E-state index in [1.54, 1.807) is 0 Å². The summed E-state index contributed by atoms with van der Waals surface area (Å²) >= 11 is 0. The fourth-order valence-corrected chi connectivity index (χ4v) is 2.22. The van der Waals surface area contributed by atoms with Crippen LogP contribution in [0.2, 0.25) is 0 Å². The Bertz CT molecular complexity index is 420. The summed E-state index contributed by atoms with van der Waals surface area (Å²) in [5.41, 5.74) is 1.85. The van der Waals surface area contributed by atoms with Crippen LogP contribution < -0.4 is 5.32 Å². The van der Waals surface area contributed by atoms with Gasteiger partial charge in [-0.05, 0) is 32.0 Å². The minimum Gasteiger partial charge on any atom is -0.379 e. The van der Waals surface area contributed by atoms with E-state index in [2.05, 4.69) is 10.2 Å². The van der Waals surface area contributed by atoms with Crippen molar-refractivity contribution in [1.82, 2.24) is 10.2 Å². The maximum absolute atomic E-state index is 11.9. The zero-order valence-electron chi connectivity index (χ0n) is 11.9. The van der Waals surface area contributed by atoms with Crippen molar-refractivity contribution in [2.75, 3.05) is 39.4 Å². The van der Waals surface area contributed by atoms with Crippen LogP contribution in [-0.2, 0) is 4.74 Å². The summed E-state index contributed by atoms with van der Waals surface area (Å²) in [4.78, 5) is 14.3. The third kappa shape index (κ3) is 5.49. The van der Waals surface area contributed by atoms with Gasteiger partial charge in [-0.25, -0.2) is 0 Å². The van der Waals surface area contributed by atoms with Gasteiger partial charge in [0.15, 0.2) is 0 Å². The van der Waals surface area contributed by atoms with Crippen molar-refractivity contribution in [1.29, 1.82) is 0 Å². The highest BCUT2D eigenvalue weighted by Gasteiger charge is 2.10. The van der Waals surface area contributed by atoms with Crippen LogP contribution in [0, 0.1) is 6.92 Å². The predicted molar refractivity (Wildman–Crippen MR) is 82.6 cm³/mol. The van der Waals surface area contributed by atoms with Crippen molar-refractivity contribution in [2.45, 2.75) is 13.3 Å². The molecule has 1 heterocycles. The van der Waals surface area contributed by atoms with Crippen LogP contribution in [0.5, 0.6) is 0 Å². The van der Waals surface area contributed by atoms with E-state index in [1.807, 2.05) is 31.2 Å². The summed E-state index contributed by atoms with van der Waals surface area (Å²) in [5, 5.41) is 2.97. The quantitative estimate of drug-likeness (QED) is 0.844. The summed E-state index contributed by atoms with van der Waals surface area (Å²) < 4.78 is 5.30. The van der Waals surface area contributed by atoms with E-state index in [4.69, 9.17) is 4.74 Å². The first-order chi connectivity index (χ1) is 9.25. The van der Waals surface area contributed by atoms with Crippen LogP contribution in [0.4, 0.5) is 0 Å². The fourth-order valence-electron chi connectivity index (χ4n) is 2.22. The zero-order chi connectivity index (χ0) is 13.5. The first-order valence-electron chi connectivity index (χ1n) is 6.91. The van der Waals surface area contributed by atoms with Gasteiger partial charge in [0.05, 0.1) is 13.2 Å². The predicted octanol–water partition coefficient (Wildman–Crippen LogP) is 1.87. The minimum atomic E-state index is 0. The number of nitrogens with zero attached hydrogens (tertiary/aromatic N) is 1. The van der Waals surface area contributed by atoms with Gasteiger partial charge in [0.25, 0.3) is 5.91 Å². The molecule has 0 radical (unpaired) electrons. The lowest BCUT2D eigenvalue weighted by Gasteiger charge is -2.26. The number of morpholine rings is 1. The third-order valence-electron chi connectivity index (χ3n) is 3.32. The van der Waals surface area contributed by atoms with Gasteiger partial charge in [0, 0.05) is 25.2 Å². The van der Waals surface area contributed by atoms with Gasteiger partial charge in [0.1, 0.15) is 0 Å². The first-order valence-corrected chi connectivity index (χ1v) is 6.91. The van der Waals surface area contributed by atoms with Crippen molar-refractivity contribution in [3.63, 3.8) is 0 Å². The number of carbonyl (C=O) groups is 1. The number of rotatable bonds is 5. The number of carbonyl (C=O) groups excluding carboxylic acids is 1. The van der Waals surface area contributed by atoms with Gasteiger partial charge in [0.2, 0.25) is 0 Å². The van der Waals surface area contributed by atoms with E-state index in [9.17, 15) is 4.79 Å². The molecule has 1 aromatic rings. The third-order valence-corrected chi connectivity index (χ3v) is 3.32. The summed E-state index contributed by atoms with van der Waals surface area (Å²) in [6.07, 6.45) is 0.984. The molecule has 5 heteroatoms. The fraction of sp³-hybridized carbons (Fsp3) is 0.533. The number of ether oxygens (including phenoxy) is 1. The molecule has 0 spiro atoms. The number of nitrogens with one attached hydrogen (secondary N) is 1. The van der Waals surface area contributed by atoms with E-state index in [0.717, 1.165) is 56.9 Å². The monoisotopic (exact) mass is 298 g/mol. The Hall–Kier alpha value is -1.10. The Morgan fingerprint density at radius 2 is 2.10 bits per heavy atom. The summed E-state index contributed by atoms with van der Waals surface area (Å²) in [5.74, 6) is 0.0191. The first kappa shape index (κ1) is 17.0. The molecular weight excluding hydrogens is 276 g/mol. The van der Waals surface area contributed by atoms with Crippen LogP contribution in [0.25, 0.3) is 0 Å². The molecule has 112 valence electrons. The molecule has 0 unspecified atom stereocenters. The van der Waals surface area contributed by atoms with Crippen LogP contribution >= 0.6 is 12.4 Å². The van der Waals surface area contributed by atoms with E-state index in [1.165, 1.54) is 0 Å². The Kier molecular flexibility index (Phi) is 7.59. The minimum absolute atomic E-state index is 0. The molecule has 4 nitrogen and oxygen atoms in total. The average Bonchev–Trinajstić information content (AvgIpc) is 2.44. The second-order valence-corrected chi connectivity index (χ2v) is 4.93. The number of halogens is 1. The molecule has 0 atom stereocenters. The molecule has 20 heavy (non-hydrogen) atoms. The van der Waals surface area contributed by atoms with Gasteiger partial charge in [-0.1, -0.05) is 17.7 Å². The van der Waals surface area contributed by atoms with Crippen molar-refractivity contribution in [3.05, 3.63) is 35.4 Å². The topological polar surface area (TPSA) is 41.6 Å². The molecule has 0 bridgehead atoms. The van der Waals surface area contributed by atoms with Crippen LogP contribution in [0.15, 0.2) is 24.3 Å². The van der Waals surface area contributed by atoms with Gasteiger partial charge in [-0.2, -0.15) is 0 Å². The molecule has 1 amide bonds. The van der Waals surface area contributed by atoms with Gasteiger partial charge < -0.3 is 10.1 Å². The number of hydrogen-bond acceptors (Lipinski definition) is 3. The molecular formula is C15H23ClN2O2. The normalized spacial score (nSPS) is 15.4. The molecule has 1 aliphatic heterocycles. The highest BCUT2D eigenvalue weighted by atomic mass is 35.5. The molecule has 1 aromatic carbocycles. The van der Waals surface area contributed by atoms with E-state index in [-0.39, 0.29) is 18.3 Å². The lowest BCUT2D eigenvalue weighted by molar-refractivity contribution is 0.0374. The summed E-state index contributed by atoms with van der Waals surface area (Å²) in [7, 11) is 0. The van der Waals surface area contributed by atoms with Crippen molar-refractivity contribution in [2.24, 2.45) is 0 Å². The van der Waals surface area contributed by atoms with Gasteiger partial charge >= 0.3 is 0 Å². The lowest BCUT2D eigenvalue weighted by atomic mass is 10.1. The number of benzene rings is 1. The Balaban J connectivity index is 0.00000200. The Labute approximate surface area is 126 Å². The summed E-state index contributed by atoms with van der Waals surface area (Å²) in [6.45, 7) is 7.42. The average molecular weight is 299 g/mol. The van der Waals surface area contributed by atoms with E-state index in [0.29, 0.717) is 0 Å². The SMILES string of the molecule is Cc1cccc(C(=O)NCCCN2CCOCC2)c1.Cl. The van der Waals surface area contributed by atoms with Crippen LogP contribution in [0.1, 0.15) is 22.3 Å². The smallest absolute Gasteiger partial charge is 0.251 e. The Morgan fingerprint density at radius 1 is 1.35 bits per heavy atom. The number of hydrogen-bond donors (Lipinski definition) is 1. The van der Waals surface area contributed by atoms with Crippen LogP contribution in [-0.4, -0.2) is 50.2 Å². The second-order valence-electron chi connectivity index (χ2n) is 4.93. The Morgan fingerprint density at radius 3 is 2.80 bits per heavy atom. The molecule has 2 rings (SSSR count). The molecule has 0 aliphatic carbocycles. The second kappa shape index (κ2) is 8.95. The lowest BCUT2D eigenvalue weighted by Crippen LogP contribution is -2.38. The van der Waals surface area contributed by atoms with Gasteiger partial charge in [-0.15, -0.1) is 12.4 Å². The standard InChI is InChI=1S/C15H22N2O2.ClH/c1-13-4-2-5-14(12-13)15(18)16-6-3-7-17-8-10-19-11-9-17;/h2,4-5,12H,3,6-11H2,1H3,(H,16,18);1H. The largest absolute Gasteiger partial charge is 0.379 e. The summed E-state index contributed by atoms with van der Waals surface area (Å²) in [6, 6.07) is 7.68. The van der Waals surface area contributed by atoms with Gasteiger partial charge in [-0.3, -0.25) is 9.69 Å². The highest BCUT2D eigenvalue weighted by Crippen LogP contribution is 2.03. The van der Waals surface area contributed by atoms with Crippen molar-refractivity contribution < 1.29 is 9.53 Å². The molecule has 1 saturated heterocycles. The molecule has 0 aromatic heterocycles. The molecule has 1 aliphatic rings.